The number of phenolic OH excluding ortho intramolecular Hbond substituents is 1. The van der Waals surface area contributed by atoms with Crippen LogP contribution in [0.25, 0.3) is 0 Å². The summed E-state index contributed by atoms with van der Waals surface area (Å²) in [5, 5.41) is 39.8. The van der Waals surface area contributed by atoms with E-state index in [-0.39, 0.29) is 18.8 Å². The van der Waals surface area contributed by atoms with Crippen molar-refractivity contribution in [2.45, 2.75) is 89.0 Å². The van der Waals surface area contributed by atoms with Crippen molar-refractivity contribution in [2.24, 2.45) is 0 Å². The van der Waals surface area contributed by atoms with Gasteiger partial charge in [-0.2, -0.15) is 0 Å². The maximum Gasteiger partial charge on any atom is 0.305 e. The molecule has 1 aromatic rings. The molecule has 0 aromatic heterocycles. The SMILES string of the molecule is C/C=C/CCCCCCCCC(=O)OC[C@H]1O[C@@H](Oc2ccc(O)cc2)[C@H](O)[C@@H](O)[C@@H]1O. The van der Waals surface area contributed by atoms with E-state index in [9.17, 15) is 25.2 Å². The minimum absolute atomic E-state index is 0.0482. The van der Waals surface area contributed by atoms with Gasteiger partial charge in [-0.15, -0.1) is 0 Å². The number of phenols is 1. The fourth-order valence-electron chi connectivity index (χ4n) is 3.46. The number of rotatable bonds is 13. The Labute approximate surface area is 189 Å². The Balaban J connectivity index is 1.69. The number of benzene rings is 1. The van der Waals surface area contributed by atoms with E-state index in [1.807, 2.05) is 6.92 Å². The zero-order valence-corrected chi connectivity index (χ0v) is 18.6. The van der Waals surface area contributed by atoms with Crippen LogP contribution in [0.4, 0.5) is 0 Å². The van der Waals surface area contributed by atoms with Gasteiger partial charge in [-0.25, -0.2) is 0 Å². The molecule has 0 aliphatic carbocycles. The molecule has 1 aliphatic rings. The van der Waals surface area contributed by atoms with Crippen LogP contribution in [0.2, 0.25) is 0 Å². The van der Waals surface area contributed by atoms with E-state index < -0.39 is 36.7 Å². The summed E-state index contributed by atoms with van der Waals surface area (Å²) in [7, 11) is 0. The van der Waals surface area contributed by atoms with E-state index in [4.69, 9.17) is 14.2 Å². The molecule has 32 heavy (non-hydrogen) atoms. The molecule has 1 saturated heterocycles. The van der Waals surface area contributed by atoms with Crippen molar-refractivity contribution in [2.75, 3.05) is 6.61 Å². The highest BCUT2D eigenvalue weighted by atomic mass is 16.7. The van der Waals surface area contributed by atoms with Crippen LogP contribution in [-0.4, -0.2) is 63.7 Å². The first kappa shape index (κ1) is 26.1. The van der Waals surface area contributed by atoms with Crippen LogP contribution in [0.3, 0.4) is 0 Å². The van der Waals surface area contributed by atoms with Gasteiger partial charge in [-0.05, 0) is 50.5 Å². The van der Waals surface area contributed by atoms with Crippen LogP contribution in [0, 0.1) is 0 Å². The fraction of sp³-hybridized carbons (Fsp3) is 0.625. The number of aromatic hydroxyl groups is 1. The molecule has 1 aromatic carbocycles. The number of aliphatic hydroxyl groups excluding tert-OH is 3. The Hall–Kier alpha value is -2.13. The van der Waals surface area contributed by atoms with Crippen molar-refractivity contribution >= 4 is 5.97 Å². The predicted octanol–water partition coefficient (Wildman–Crippen LogP) is 2.82. The molecular weight excluding hydrogens is 416 g/mol. The van der Waals surface area contributed by atoms with Gasteiger partial charge in [-0.1, -0.05) is 37.8 Å². The number of aliphatic hydroxyl groups is 3. The third kappa shape index (κ3) is 8.78. The maximum absolute atomic E-state index is 12.0. The van der Waals surface area contributed by atoms with Crippen LogP contribution >= 0.6 is 0 Å². The van der Waals surface area contributed by atoms with Crippen LogP contribution in [0.15, 0.2) is 36.4 Å². The minimum Gasteiger partial charge on any atom is -0.508 e. The highest BCUT2D eigenvalue weighted by Gasteiger charge is 2.45. The lowest BCUT2D eigenvalue weighted by molar-refractivity contribution is -0.278. The standard InChI is InChI=1S/C24H36O8/c1-2-3-4-5-6-7-8-9-10-11-20(26)30-16-19-21(27)22(28)23(29)24(32-19)31-18-14-12-17(25)13-15-18/h2-3,12-15,19,21-25,27-29H,4-11,16H2,1H3/b3-2+/t19-,21-,22+,23-,24-/m1/s1. The Morgan fingerprint density at radius 3 is 2.31 bits per heavy atom. The first-order valence-electron chi connectivity index (χ1n) is 11.3. The van der Waals surface area contributed by atoms with E-state index in [0.717, 1.165) is 32.1 Å². The molecule has 0 spiro atoms. The number of hydrogen-bond donors (Lipinski definition) is 4. The summed E-state index contributed by atoms with van der Waals surface area (Å²) in [6.45, 7) is 1.76. The number of unbranched alkanes of at least 4 members (excludes halogenated alkanes) is 6. The molecule has 0 bridgehead atoms. The number of esters is 1. The molecule has 180 valence electrons. The van der Waals surface area contributed by atoms with Crippen molar-refractivity contribution in [1.29, 1.82) is 0 Å². The third-order valence-corrected chi connectivity index (χ3v) is 5.40. The van der Waals surface area contributed by atoms with E-state index >= 15 is 0 Å². The molecule has 1 aliphatic heterocycles. The number of allylic oxidation sites excluding steroid dienone is 2. The number of ether oxygens (including phenoxy) is 3. The van der Waals surface area contributed by atoms with Crippen LogP contribution < -0.4 is 4.74 Å². The summed E-state index contributed by atoms with van der Waals surface area (Å²) >= 11 is 0. The second kappa shape index (κ2) is 14.1. The first-order valence-corrected chi connectivity index (χ1v) is 11.3. The Kier molecular flexibility index (Phi) is 11.5. The summed E-state index contributed by atoms with van der Waals surface area (Å²) in [5.74, 6) is -0.0504. The summed E-state index contributed by atoms with van der Waals surface area (Å²) < 4.78 is 16.3. The molecule has 1 fully saturated rings. The van der Waals surface area contributed by atoms with Gasteiger partial charge < -0.3 is 34.6 Å². The zero-order chi connectivity index (χ0) is 23.3. The monoisotopic (exact) mass is 452 g/mol. The Morgan fingerprint density at radius 1 is 0.969 bits per heavy atom. The lowest BCUT2D eigenvalue weighted by Crippen LogP contribution is -2.60. The van der Waals surface area contributed by atoms with Crippen molar-refractivity contribution in [3.05, 3.63) is 36.4 Å². The molecule has 8 heteroatoms. The van der Waals surface area contributed by atoms with Crippen LogP contribution in [0.1, 0.15) is 58.3 Å². The van der Waals surface area contributed by atoms with Gasteiger partial charge in [0.25, 0.3) is 0 Å². The normalized spacial score (nSPS) is 25.7. The minimum atomic E-state index is -1.53. The average molecular weight is 453 g/mol. The summed E-state index contributed by atoms with van der Waals surface area (Å²) in [5.41, 5.74) is 0. The Morgan fingerprint density at radius 2 is 1.62 bits per heavy atom. The van der Waals surface area contributed by atoms with Gasteiger partial charge in [0, 0.05) is 6.42 Å². The van der Waals surface area contributed by atoms with Crippen molar-refractivity contribution in [3.63, 3.8) is 0 Å². The quantitative estimate of drug-likeness (QED) is 0.205. The highest BCUT2D eigenvalue weighted by molar-refractivity contribution is 5.69. The van der Waals surface area contributed by atoms with Gasteiger partial charge >= 0.3 is 5.97 Å². The fourth-order valence-corrected chi connectivity index (χ4v) is 3.46. The molecule has 5 atom stereocenters. The highest BCUT2D eigenvalue weighted by Crippen LogP contribution is 2.25. The van der Waals surface area contributed by atoms with Crippen molar-refractivity contribution in [1.82, 2.24) is 0 Å². The summed E-state index contributed by atoms with van der Waals surface area (Å²) in [4.78, 5) is 12.0. The smallest absolute Gasteiger partial charge is 0.305 e. The topological polar surface area (TPSA) is 126 Å². The second-order valence-electron chi connectivity index (χ2n) is 8.04. The van der Waals surface area contributed by atoms with E-state index in [0.29, 0.717) is 5.75 Å². The lowest BCUT2D eigenvalue weighted by atomic mass is 9.99. The predicted molar refractivity (Wildman–Crippen MR) is 118 cm³/mol. The molecular formula is C24H36O8. The molecule has 0 amide bonds. The molecule has 4 N–H and O–H groups in total. The van der Waals surface area contributed by atoms with Crippen molar-refractivity contribution in [3.8, 4) is 11.5 Å². The van der Waals surface area contributed by atoms with Gasteiger partial charge in [0.1, 0.15) is 42.5 Å². The van der Waals surface area contributed by atoms with Crippen molar-refractivity contribution < 1.29 is 39.4 Å². The number of carbonyl (C=O) groups excluding carboxylic acids is 1. The second-order valence-corrected chi connectivity index (χ2v) is 8.04. The number of hydrogen-bond acceptors (Lipinski definition) is 8. The van der Waals surface area contributed by atoms with Gasteiger partial charge in [0.15, 0.2) is 0 Å². The summed E-state index contributed by atoms with van der Waals surface area (Å²) in [6, 6.07) is 5.75. The van der Waals surface area contributed by atoms with E-state index in [1.165, 1.54) is 37.1 Å². The molecule has 2 rings (SSSR count). The molecule has 8 nitrogen and oxygen atoms in total. The maximum atomic E-state index is 12.0. The Bertz CT molecular complexity index is 690. The van der Waals surface area contributed by atoms with E-state index in [2.05, 4.69) is 12.2 Å². The van der Waals surface area contributed by atoms with Crippen LogP contribution in [0.5, 0.6) is 11.5 Å². The molecule has 0 radical (unpaired) electrons. The molecule has 0 unspecified atom stereocenters. The molecule has 1 heterocycles. The van der Waals surface area contributed by atoms with Gasteiger partial charge in [0.05, 0.1) is 0 Å². The zero-order valence-electron chi connectivity index (χ0n) is 18.6. The molecule has 0 saturated carbocycles. The largest absolute Gasteiger partial charge is 0.508 e. The number of carbonyl (C=O) groups is 1. The lowest BCUT2D eigenvalue weighted by Gasteiger charge is -2.39. The average Bonchev–Trinajstić information content (AvgIpc) is 2.79. The van der Waals surface area contributed by atoms with Gasteiger partial charge in [-0.3, -0.25) is 4.79 Å². The first-order chi connectivity index (χ1) is 15.4. The third-order valence-electron chi connectivity index (χ3n) is 5.40. The summed E-state index contributed by atoms with van der Waals surface area (Å²) in [6.07, 6.45) is 5.15. The van der Waals surface area contributed by atoms with Crippen LogP contribution in [-0.2, 0) is 14.3 Å². The van der Waals surface area contributed by atoms with E-state index in [1.54, 1.807) is 0 Å². The van der Waals surface area contributed by atoms with Gasteiger partial charge in [0.2, 0.25) is 6.29 Å².